The first-order valence-corrected chi connectivity index (χ1v) is 6.40. The molecule has 3 aromatic rings. The number of hydrogen-bond donors (Lipinski definition) is 0. The third-order valence-corrected chi connectivity index (χ3v) is 3.35. The summed E-state index contributed by atoms with van der Waals surface area (Å²) in [5.74, 6) is 0.740. The summed E-state index contributed by atoms with van der Waals surface area (Å²) in [6.07, 6.45) is 7.29. The van der Waals surface area contributed by atoms with E-state index in [0.29, 0.717) is 12.1 Å². The molecule has 0 N–H and O–H groups in total. The summed E-state index contributed by atoms with van der Waals surface area (Å²) >= 11 is 0. The molecule has 3 rings (SSSR count). The Bertz CT molecular complexity index is 752. The Morgan fingerprint density at radius 1 is 1.14 bits per heavy atom. The average Bonchev–Trinajstić information content (AvgIpc) is 3.04. The van der Waals surface area contributed by atoms with E-state index in [1.165, 1.54) is 6.07 Å². The zero-order valence-electron chi connectivity index (χ0n) is 12.2. The fourth-order valence-corrected chi connectivity index (χ4v) is 2.07. The predicted molar refractivity (Wildman–Crippen MR) is 88.8 cm³/mol. The van der Waals surface area contributed by atoms with E-state index < -0.39 is 0 Å². The van der Waals surface area contributed by atoms with Gasteiger partial charge in [-0.1, -0.05) is 6.07 Å². The second kappa shape index (κ2) is 7.42. The molecule has 118 valence electrons. The third kappa shape index (κ3) is 3.67. The molecule has 0 amide bonds. The van der Waals surface area contributed by atoms with Crippen molar-refractivity contribution in [2.75, 3.05) is 0 Å². The first kappa shape index (κ1) is 18.2. The minimum absolute atomic E-state index is 0. The maximum absolute atomic E-state index is 13.6. The lowest BCUT2D eigenvalue weighted by molar-refractivity contribution is 0.617. The van der Waals surface area contributed by atoms with Crippen LogP contribution in [0.4, 0.5) is 4.39 Å². The van der Waals surface area contributed by atoms with Crippen molar-refractivity contribution in [2.24, 2.45) is 0 Å². The summed E-state index contributed by atoms with van der Waals surface area (Å²) in [7, 11) is 0. The van der Waals surface area contributed by atoms with Crippen molar-refractivity contribution in [2.45, 2.75) is 20.4 Å². The molecule has 0 aliphatic heterocycles. The lowest BCUT2D eigenvalue weighted by Crippen LogP contribution is -2.01. The van der Waals surface area contributed by atoms with Crippen molar-refractivity contribution in [3.05, 3.63) is 66.0 Å². The smallest absolute Gasteiger partial charge is 0.128 e. The van der Waals surface area contributed by atoms with Gasteiger partial charge >= 0.3 is 0 Å². The van der Waals surface area contributed by atoms with Gasteiger partial charge in [-0.15, -0.1) is 24.8 Å². The molecule has 1 aromatic carbocycles. The fourth-order valence-electron chi connectivity index (χ4n) is 2.07. The van der Waals surface area contributed by atoms with Gasteiger partial charge in [-0.05, 0) is 31.5 Å². The molecule has 4 nitrogen and oxygen atoms in total. The molecular weight excluding hydrogens is 326 g/mol. The van der Waals surface area contributed by atoms with Crippen molar-refractivity contribution >= 4 is 24.8 Å². The van der Waals surface area contributed by atoms with Crippen LogP contribution in [0.2, 0.25) is 0 Å². The predicted octanol–water partition coefficient (Wildman–Crippen LogP) is 3.72. The molecule has 0 atom stereocenters. The van der Waals surface area contributed by atoms with Crippen molar-refractivity contribution in [1.29, 1.82) is 0 Å². The van der Waals surface area contributed by atoms with Gasteiger partial charge in [0, 0.05) is 24.3 Å². The molecule has 7 heteroatoms. The zero-order valence-corrected chi connectivity index (χ0v) is 13.9. The minimum Gasteiger partial charge on any atom is -0.329 e. The maximum atomic E-state index is 13.6. The molecule has 0 fully saturated rings. The second-order valence-electron chi connectivity index (χ2n) is 4.81. The van der Waals surface area contributed by atoms with E-state index >= 15 is 0 Å². The van der Waals surface area contributed by atoms with Gasteiger partial charge in [0.1, 0.15) is 11.6 Å². The number of aromatic nitrogens is 4. The first-order valence-electron chi connectivity index (χ1n) is 6.40. The maximum Gasteiger partial charge on any atom is 0.128 e. The normalized spacial score (nSPS) is 9.95. The molecule has 0 saturated carbocycles. The highest BCUT2D eigenvalue weighted by Crippen LogP contribution is 2.14. The van der Waals surface area contributed by atoms with Crippen LogP contribution in [0.5, 0.6) is 0 Å². The summed E-state index contributed by atoms with van der Waals surface area (Å²) in [4.78, 5) is 8.53. The van der Waals surface area contributed by atoms with E-state index in [-0.39, 0.29) is 30.6 Å². The van der Waals surface area contributed by atoms with E-state index in [4.69, 9.17) is 0 Å². The molecular formula is C15H17Cl2FN4. The average molecular weight is 343 g/mol. The highest BCUT2D eigenvalue weighted by atomic mass is 35.5. The van der Waals surface area contributed by atoms with E-state index in [1.54, 1.807) is 25.5 Å². The van der Waals surface area contributed by atoms with Gasteiger partial charge in [-0.3, -0.25) is 0 Å². The van der Waals surface area contributed by atoms with Crippen LogP contribution >= 0.6 is 24.8 Å². The lowest BCUT2D eigenvalue weighted by Gasteiger charge is -2.04. The molecule has 0 saturated heterocycles. The summed E-state index contributed by atoms with van der Waals surface area (Å²) < 4.78 is 17.4. The monoisotopic (exact) mass is 342 g/mol. The third-order valence-electron chi connectivity index (χ3n) is 3.35. The summed E-state index contributed by atoms with van der Waals surface area (Å²) in [5, 5.41) is 0. The van der Waals surface area contributed by atoms with Gasteiger partial charge in [0.05, 0.1) is 18.6 Å². The van der Waals surface area contributed by atoms with E-state index in [2.05, 4.69) is 9.97 Å². The quantitative estimate of drug-likeness (QED) is 0.727. The second-order valence-corrected chi connectivity index (χ2v) is 4.81. The van der Waals surface area contributed by atoms with Gasteiger partial charge in [-0.2, -0.15) is 0 Å². The number of benzene rings is 1. The minimum atomic E-state index is -0.205. The van der Waals surface area contributed by atoms with Gasteiger partial charge in [0.15, 0.2) is 0 Å². The first-order chi connectivity index (χ1) is 9.63. The van der Waals surface area contributed by atoms with Crippen LogP contribution in [-0.2, 0) is 6.54 Å². The van der Waals surface area contributed by atoms with Crippen LogP contribution in [0.1, 0.15) is 17.1 Å². The van der Waals surface area contributed by atoms with Gasteiger partial charge < -0.3 is 9.13 Å². The molecule has 0 aliphatic rings. The van der Waals surface area contributed by atoms with Gasteiger partial charge in [0.25, 0.3) is 0 Å². The zero-order chi connectivity index (χ0) is 14.1. The lowest BCUT2D eigenvalue weighted by atomic mass is 10.2. The Morgan fingerprint density at radius 3 is 2.55 bits per heavy atom. The largest absolute Gasteiger partial charge is 0.329 e. The van der Waals surface area contributed by atoms with Crippen LogP contribution in [0.3, 0.4) is 0 Å². The van der Waals surface area contributed by atoms with Crippen LogP contribution < -0.4 is 0 Å². The molecule has 0 unspecified atom stereocenters. The van der Waals surface area contributed by atoms with Crippen LogP contribution in [-0.4, -0.2) is 19.1 Å². The summed E-state index contributed by atoms with van der Waals surface area (Å²) in [6.45, 7) is 4.36. The molecule has 2 aromatic heterocycles. The SMILES string of the molecule is Cc1ccc(-n2cnc(Cn3ccnc3C)c2)cc1F.Cl.Cl. The molecule has 0 spiro atoms. The number of halogens is 3. The van der Waals surface area contributed by atoms with E-state index in [9.17, 15) is 4.39 Å². The number of hydrogen-bond acceptors (Lipinski definition) is 2. The van der Waals surface area contributed by atoms with Crippen LogP contribution in [0, 0.1) is 19.7 Å². The number of imidazole rings is 2. The van der Waals surface area contributed by atoms with Crippen molar-refractivity contribution in [3.8, 4) is 5.69 Å². The highest BCUT2D eigenvalue weighted by Gasteiger charge is 2.05. The highest BCUT2D eigenvalue weighted by molar-refractivity contribution is 5.85. The van der Waals surface area contributed by atoms with Gasteiger partial charge in [0.2, 0.25) is 0 Å². The number of nitrogens with zero attached hydrogens (tertiary/aromatic N) is 4. The topological polar surface area (TPSA) is 35.6 Å². The Balaban J connectivity index is 0.00000121. The number of aryl methyl sites for hydroxylation is 2. The van der Waals surface area contributed by atoms with E-state index in [1.807, 2.05) is 34.5 Å². The molecule has 0 radical (unpaired) electrons. The van der Waals surface area contributed by atoms with Crippen molar-refractivity contribution in [1.82, 2.24) is 19.1 Å². The van der Waals surface area contributed by atoms with Crippen LogP contribution in [0.25, 0.3) is 5.69 Å². The molecule has 0 bridgehead atoms. The Kier molecular flexibility index (Phi) is 6.14. The van der Waals surface area contributed by atoms with E-state index in [0.717, 1.165) is 17.2 Å². The van der Waals surface area contributed by atoms with Gasteiger partial charge in [-0.25, -0.2) is 14.4 Å². The Morgan fingerprint density at radius 2 is 1.91 bits per heavy atom. The molecule has 2 heterocycles. The van der Waals surface area contributed by atoms with Crippen molar-refractivity contribution in [3.63, 3.8) is 0 Å². The number of rotatable bonds is 3. The standard InChI is InChI=1S/C15H15FN4.2ClH/c1-11-3-4-14(7-15(11)16)20-9-13(18-10-20)8-19-6-5-17-12(19)2;;/h3-7,9-10H,8H2,1-2H3;2*1H. The molecule has 0 aliphatic carbocycles. The van der Waals surface area contributed by atoms with Crippen molar-refractivity contribution < 1.29 is 4.39 Å². The Labute approximate surface area is 140 Å². The summed E-state index contributed by atoms with van der Waals surface area (Å²) in [5.41, 5.74) is 2.32. The summed E-state index contributed by atoms with van der Waals surface area (Å²) in [6, 6.07) is 5.17. The Hall–Kier alpha value is -1.85. The fraction of sp³-hybridized carbons (Fsp3) is 0.200. The molecule has 22 heavy (non-hydrogen) atoms. The van der Waals surface area contributed by atoms with Crippen LogP contribution in [0.15, 0.2) is 43.1 Å².